The van der Waals surface area contributed by atoms with Crippen molar-refractivity contribution in [3.05, 3.63) is 59.1 Å². The Bertz CT molecular complexity index is 733. The highest BCUT2D eigenvalue weighted by atomic mass is 35.5. The van der Waals surface area contributed by atoms with Crippen LogP contribution in [0.3, 0.4) is 0 Å². The number of alkyl halides is 3. The number of rotatable bonds is 3. The molecule has 4 nitrogen and oxygen atoms in total. The van der Waals surface area contributed by atoms with E-state index in [1.54, 1.807) is 35.6 Å². The van der Waals surface area contributed by atoms with Crippen molar-refractivity contribution in [3.8, 4) is 0 Å². The molecule has 0 aliphatic carbocycles. The molecule has 2 rings (SSSR count). The summed E-state index contributed by atoms with van der Waals surface area (Å²) >= 11 is 5.91. The van der Waals surface area contributed by atoms with Crippen LogP contribution in [0.2, 0.25) is 5.02 Å². The molecule has 0 saturated heterocycles. The second-order valence-electron chi connectivity index (χ2n) is 4.47. The lowest BCUT2D eigenvalue weighted by atomic mass is 10.2. The fraction of sp³-hybridized carbons (Fsp3) is 0.0667. The van der Waals surface area contributed by atoms with Crippen molar-refractivity contribution in [1.82, 2.24) is 0 Å². The van der Waals surface area contributed by atoms with Crippen LogP contribution in [0, 0.1) is 0 Å². The molecule has 0 radical (unpaired) electrons. The summed E-state index contributed by atoms with van der Waals surface area (Å²) in [5.41, 5.74) is 0.485. The lowest BCUT2D eigenvalue weighted by Crippen LogP contribution is -2.29. The fourth-order valence-corrected chi connectivity index (χ4v) is 1.91. The average Bonchev–Trinajstić information content (AvgIpc) is 2.50. The molecule has 0 heterocycles. The monoisotopic (exact) mass is 342 g/mol. The molecule has 8 heteroatoms. The van der Waals surface area contributed by atoms with Crippen LogP contribution in [-0.4, -0.2) is 18.0 Å². The SMILES string of the molecule is O=C(Nc1ccc(NC(=O)C(F)(F)F)cc1Cl)c1ccccc1. The number of carbonyl (C=O) groups is 2. The van der Waals surface area contributed by atoms with Gasteiger partial charge in [0.15, 0.2) is 0 Å². The van der Waals surface area contributed by atoms with Crippen LogP contribution in [0.1, 0.15) is 10.4 Å². The molecule has 23 heavy (non-hydrogen) atoms. The van der Waals surface area contributed by atoms with E-state index < -0.39 is 18.0 Å². The van der Waals surface area contributed by atoms with Crippen molar-refractivity contribution in [2.24, 2.45) is 0 Å². The Balaban J connectivity index is 2.11. The maximum atomic E-state index is 12.2. The quantitative estimate of drug-likeness (QED) is 0.882. The Morgan fingerprint density at radius 3 is 2.17 bits per heavy atom. The maximum absolute atomic E-state index is 12.2. The average molecular weight is 343 g/mol. The third-order valence-electron chi connectivity index (χ3n) is 2.77. The van der Waals surface area contributed by atoms with Gasteiger partial charge in [0, 0.05) is 11.3 Å². The largest absolute Gasteiger partial charge is 0.471 e. The first-order valence-electron chi connectivity index (χ1n) is 6.31. The highest BCUT2D eigenvalue weighted by molar-refractivity contribution is 6.34. The molecule has 0 aromatic heterocycles. The molecule has 2 amide bonds. The Morgan fingerprint density at radius 1 is 0.957 bits per heavy atom. The van der Waals surface area contributed by atoms with Gasteiger partial charge in [-0.1, -0.05) is 29.8 Å². The highest BCUT2D eigenvalue weighted by Gasteiger charge is 2.38. The number of hydrogen-bond donors (Lipinski definition) is 2. The summed E-state index contributed by atoms with van der Waals surface area (Å²) in [7, 11) is 0. The highest BCUT2D eigenvalue weighted by Crippen LogP contribution is 2.27. The predicted molar refractivity (Wildman–Crippen MR) is 80.5 cm³/mol. The second-order valence-corrected chi connectivity index (χ2v) is 4.87. The van der Waals surface area contributed by atoms with E-state index in [2.05, 4.69) is 5.32 Å². The van der Waals surface area contributed by atoms with Gasteiger partial charge in [-0.2, -0.15) is 13.2 Å². The molecule has 0 atom stereocenters. The molecule has 0 spiro atoms. The first-order chi connectivity index (χ1) is 10.8. The minimum absolute atomic E-state index is 0.00532. The molecule has 2 aromatic rings. The smallest absolute Gasteiger partial charge is 0.321 e. The minimum atomic E-state index is -4.99. The fourth-order valence-electron chi connectivity index (χ4n) is 1.68. The molecule has 0 aliphatic rings. The zero-order valence-corrected chi connectivity index (χ0v) is 12.2. The van der Waals surface area contributed by atoms with Crippen molar-refractivity contribution < 1.29 is 22.8 Å². The van der Waals surface area contributed by atoms with Crippen molar-refractivity contribution >= 4 is 34.8 Å². The third-order valence-corrected chi connectivity index (χ3v) is 3.08. The van der Waals surface area contributed by atoms with Crippen LogP contribution in [0.25, 0.3) is 0 Å². The number of halogens is 4. The van der Waals surface area contributed by atoms with Gasteiger partial charge in [0.1, 0.15) is 0 Å². The Morgan fingerprint density at radius 2 is 1.61 bits per heavy atom. The van der Waals surface area contributed by atoms with Crippen LogP contribution in [0.4, 0.5) is 24.5 Å². The summed E-state index contributed by atoms with van der Waals surface area (Å²) in [4.78, 5) is 22.8. The molecule has 120 valence electrons. The first-order valence-corrected chi connectivity index (χ1v) is 6.69. The first kappa shape index (κ1) is 16.8. The van der Waals surface area contributed by atoms with E-state index in [0.29, 0.717) is 5.56 Å². The van der Waals surface area contributed by atoms with Crippen molar-refractivity contribution in [3.63, 3.8) is 0 Å². The van der Waals surface area contributed by atoms with Gasteiger partial charge in [-0.15, -0.1) is 0 Å². The Hall–Kier alpha value is -2.54. The van der Waals surface area contributed by atoms with Gasteiger partial charge in [-0.05, 0) is 30.3 Å². The van der Waals surface area contributed by atoms with Gasteiger partial charge in [0.25, 0.3) is 5.91 Å². The molecule has 2 N–H and O–H groups in total. The van der Waals surface area contributed by atoms with E-state index in [1.165, 1.54) is 12.1 Å². The van der Waals surface area contributed by atoms with E-state index in [0.717, 1.165) is 6.07 Å². The lowest BCUT2D eigenvalue weighted by molar-refractivity contribution is -0.167. The topological polar surface area (TPSA) is 58.2 Å². The normalized spacial score (nSPS) is 11.0. The van der Waals surface area contributed by atoms with E-state index in [9.17, 15) is 22.8 Å². The molecular formula is C15H10ClF3N2O2. The molecule has 0 fully saturated rings. The van der Waals surface area contributed by atoms with Gasteiger partial charge >= 0.3 is 12.1 Å². The van der Waals surface area contributed by atoms with Gasteiger partial charge in [-0.25, -0.2) is 0 Å². The van der Waals surface area contributed by atoms with E-state index >= 15 is 0 Å². The number of amides is 2. The Kier molecular flexibility index (Phi) is 4.90. The summed E-state index contributed by atoms with van der Waals surface area (Å²) in [6.45, 7) is 0. The number of carbonyl (C=O) groups excluding carboxylic acids is 2. The molecule has 0 aliphatic heterocycles. The molecule has 2 aromatic carbocycles. The van der Waals surface area contributed by atoms with Crippen molar-refractivity contribution in [2.45, 2.75) is 6.18 Å². The van der Waals surface area contributed by atoms with Crippen molar-refractivity contribution in [2.75, 3.05) is 10.6 Å². The number of benzene rings is 2. The van der Waals surface area contributed by atoms with E-state index in [-0.39, 0.29) is 16.4 Å². The molecular weight excluding hydrogens is 333 g/mol. The van der Waals surface area contributed by atoms with Crippen LogP contribution >= 0.6 is 11.6 Å². The summed E-state index contributed by atoms with van der Waals surface area (Å²) in [6.07, 6.45) is -4.99. The molecule has 0 unspecified atom stereocenters. The summed E-state index contributed by atoms with van der Waals surface area (Å²) < 4.78 is 36.5. The van der Waals surface area contributed by atoms with Crippen LogP contribution in [-0.2, 0) is 4.79 Å². The number of nitrogens with one attached hydrogen (secondary N) is 2. The summed E-state index contributed by atoms with van der Waals surface area (Å²) in [5.74, 6) is -2.52. The van der Waals surface area contributed by atoms with E-state index in [4.69, 9.17) is 11.6 Å². The second kappa shape index (κ2) is 6.70. The zero-order valence-electron chi connectivity index (χ0n) is 11.4. The van der Waals surface area contributed by atoms with Gasteiger partial charge in [-0.3, -0.25) is 9.59 Å². The molecule has 0 bridgehead atoms. The summed E-state index contributed by atoms with van der Waals surface area (Å²) in [6, 6.07) is 11.9. The zero-order chi connectivity index (χ0) is 17.0. The number of hydrogen-bond acceptors (Lipinski definition) is 2. The maximum Gasteiger partial charge on any atom is 0.471 e. The lowest BCUT2D eigenvalue weighted by Gasteiger charge is -2.11. The van der Waals surface area contributed by atoms with Crippen LogP contribution in [0.15, 0.2) is 48.5 Å². The standard InChI is InChI=1S/C15H10ClF3N2O2/c16-11-8-10(20-14(23)15(17,18)19)6-7-12(11)21-13(22)9-4-2-1-3-5-9/h1-8H,(H,20,23)(H,21,22). The van der Waals surface area contributed by atoms with Crippen LogP contribution in [0.5, 0.6) is 0 Å². The van der Waals surface area contributed by atoms with Gasteiger partial charge < -0.3 is 10.6 Å². The Labute approximate surface area is 134 Å². The minimum Gasteiger partial charge on any atom is -0.321 e. The third kappa shape index (κ3) is 4.46. The van der Waals surface area contributed by atoms with Gasteiger partial charge in [0.05, 0.1) is 10.7 Å². The predicted octanol–water partition coefficient (Wildman–Crippen LogP) is 4.09. The van der Waals surface area contributed by atoms with Gasteiger partial charge in [0.2, 0.25) is 0 Å². The summed E-state index contributed by atoms with van der Waals surface area (Å²) in [5, 5.41) is 4.20. The van der Waals surface area contributed by atoms with Crippen LogP contribution < -0.4 is 10.6 Å². The van der Waals surface area contributed by atoms with E-state index in [1.807, 2.05) is 0 Å². The van der Waals surface area contributed by atoms with Crippen molar-refractivity contribution in [1.29, 1.82) is 0 Å². The molecule has 0 saturated carbocycles. The number of anilines is 2.